The van der Waals surface area contributed by atoms with E-state index in [1.54, 1.807) is 31.3 Å². The van der Waals surface area contributed by atoms with E-state index in [4.69, 9.17) is 0 Å². The number of pyridine rings is 1. The van der Waals surface area contributed by atoms with Gasteiger partial charge in [-0.25, -0.2) is 8.42 Å². The van der Waals surface area contributed by atoms with Gasteiger partial charge in [0.05, 0.1) is 22.4 Å². The van der Waals surface area contributed by atoms with Crippen molar-refractivity contribution in [1.82, 2.24) is 14.6 Å². The van der Waals surface area contributed by atoms with E-state index in [9.17, 15) is 26.4 Å². The zero-order valence-corrected chi connectivity index (χ0v) is 17.5. The van der Waals surface area contributed by atoms with Crippen molar-refractivity contribution < 1.29 is 31.1 Å². The summed E-state index contributed by atoms with van der Waals surface area (Å²) >= 11 is 0. The Balaban J connectivity index is 1.78. The first kappa shape index (κ1) is 23.0. The van der Waals surface area contributed by atoms with E-state index >= 15 is 0 Å². The minimum absolute atomic E-state index is 0.00133. The second-order valence-corrected chi connectivity index (χ2v) is 9.39. The summed E-state index contributed by atoms with van der Waals surface area (Å²) in [4.78, 5) is 16.9. The van der Waals surface area contributed by atoms with Crippen LogP contribution in [0, 0.1) is 0 Å². The first-order valence-corrected chi connectivity index (χ1v) is 11.2. The zero-order valence-electron chi connectivity index (χ0n) is 16.7. The fraction of sp³-hybridized carbons (Fsp3) is 0.400. The summed E-state index contributed by atoms with van der Waals surface area (Å²) in [6, 6.07) is 10.2. The lowest BCUT2D eigenvalue weighted by atomic mass is 9.78. The van der Waals surface area contributed by atoms with E-state index in [0.717, 1.165) is 6.07 Å². The molecule has 31 heavy (non-hydrogen) atoms. The number of halogens is 3. The number of benzene rings is 1. The molecule has 1 N–H and O–H groups in total. The number of nitrogens with zero attached hydrogens (tertiary/aromatic N) is 2. The Morgan fingerprint density at radius 3 is 2.48 bits per heavy atom. The SMILES string of the molecule is CCCS(=O)(=O)N1CC(CNC(=O)c2ccccc2OC(F)(F)F)(c2ccccn2)C1. The first-order valence-electron chi connectivity index (χ1n) is 9.59. The van der Waals surface area contributed by atoms with Gasteiger partial charge in [-0.15, -0.1) is 13.2 Å². The quantitative estimate of drug-likeness (QED) is 0.659. The molecule has 0 spiro atoms. The van der Waals surface area contributed by atoms with Crippen LogP contribution >= 0.6 is 0 Å². The smallest absolute Gasteiger partial charge is 0.405 e. The van der Waals surface area contributed by atoms with Crippen molar-refractivity contribution in [2.45, 2.75) is 25.1 Å². The minimum Gasteiger partial charge on any atom is -0.405 e. The Bertz CT molecular complexity index is 1020. The van der Waals surface area contributed by atoms with Crippen LogP contribution in [0.2, 0.25) is 0 Å². The van der Waals surface area contributed by atoms with Crippen LogP contribution in [-0.2, 0) is 15.4 Å². The molecule has 168 valence electrons. The molecular weight excluding hydrogens is 435 g/mol. The van der Waals surface area contributed by atoms with Gasteiger partial charge in [-0.2, -0.15) is 4.31 Å². The molecule has 3 rings (SSSR count). The van der Waals surface area contributed by atoms with Crippen molar-refractivity contribution >= 4 is 15.9 Å². The maximum Gasteiger partial charge on any atom is 0.573 e. The Morgan fingerprint density at radius 2 is 1.87 bits per heavy atom. The zero-order chi connectivity index (χ0) is 22.7. The van der Waals surface area contributed by atoms with Crippen LogP contribution in [0.5, 0.6) is 5.75 Å². The van der Waals surface area contributed by atoms with Gasteiger partial charge >= 0.3 is 6.36 Å². The number of hydrogen-bond acceptors (Lipinski definition) is 5. The molecule has 1 amide bonds. The molecule has 2 heterocycles. The van der Waals surface area contributed by atoms with Crippen molar-refractivity contribution in [1.29, 1.82) is 0 Å². The monoisotopic (exact) mass is 457 g/mol. The van der Waals surface area contributed by atoms with Crippen molar-refractivity contribution in [2.24, 2.45) is 0 Å². The molecule has 2 aromatic rings. The summed E-state index contributed by atoms with van der Waals surface area (Å²) in [5, 5.41) is 2.62. The highest BCUT2D eigenvalue weighted by Gasteiger charge is 2.50. The molecule has 1 fully saturated rings. The molecule has 1 aliphatic heterocycles. The number of aromatic nitrogens is 1. The van der Waals surface area contributed by atoms with E-state index in [2.05, 4.69) is 15.0 Å². The van der Waals surface area contributed by atoms with Crippen molar-refractivity contribution in [3.63, 3.8) is 0 Å². The van der Waals surface area contributed by atoms with Gasteiger partial charge in [-0.1, -0.05) is 25.1 Å². The lowest BCUT2D eigenvalue weighted by Crippen LogP contribution is -2.65. The average Bonchev–Trinajstić information content (AvgIpc) is 2.66. The summed E-state index contributed by atoms with van der Waals surface area (Å²) in [7, 11) is -3.42. The molecular formula is C20H22F3N3O4S. The van der Waals surface area contributed by atoms with Crippen LogP contribution in [0.4, 0.5) is 13.2 Å². The molecule has 1 aliphatic rings. The third-order valence-corrected chi connectivity index (χ3v) is 6.94. The van der Waals surface area contributed by atoms with Crippen LogP contribution in [0.25, 0.3) is 0 Å². The minimum atomic E-state index is -4.94. The van der Waals surface area contributed by atoms with Gasteiger partial charge in [0.1, 0.15) is 5.75 Å². The Morgan fingerprint density at radius 1 is 1.19 bits per heavy atom. The fourth-order valence-electron chi connectivity index (χ4n) is 3.47. The number of nitrogens with one attached hydrogen (secondary N) is 1. The van der Waals surface area contributed by atoms with Gasteiger partial charge in [-0.05, 0) is 30.7 Å². The van der Waals surface area contributed by atoms with Crippen molar-refractivity contribution in [3.05, 3.63) is 59.9 Å². The van der Waals surface area contributed by atoms with Crippen LogP contribution in [-0.4, -0.2) is 55.4 Å². The number of ether oxygens (including phenoxy) is 1. The maximum absolute atomic E-state index is 12.6. The topological polar surface area (TPSA) is 88.6 Å². The summed E-state index contributed by atoms with van der Waals surface area (Å²) in [6.07, 6.45) is -2.90. The van der Waals surface area contributed by atoms with Gasteiger partial charge in [0.25, 0.3) is 5.91 Å². The molecule has 1 aromatic carbocycles. The Labute approximate surface area is 178 Å². The number of sulfonamides is 1. The first-order chi connectivity index (χ1) is 14.6. The summed E-state index contributed by atoms with van der Waals surface area (Å²) < 4.78 is 67.9. The number of rotatable bonds is 8. The fourth-order valence-corrected chi connectivity index (χ4v) is 5.13. The molecule has 7 nitrogen and oxygen atoms in total. The second-order valence-electron chi connectivity index (χ2n) is 7.31. The summed E-state index contributed by atoms with van der Waals surface area (Å²) in [5.41, 5.74) is -0.457. The van der Waals surface area contributed by atoms with Gasteiger partial charge < -0.3 is 10.1 Å². The van der Waals surface area contributed by atoms with Crippen LogP contribution < -0.4 is 10.1 Å². The molecule has 0 saturated carbocycles. The van der Waals surface area contributed by atoms with E-state index in [1.807, 2.05) is 0 Å². The van der Waals surface area contributed by atoms with Crippen LogP contribution in [0.15, 0.2) is 48.7 Å². The van der Waals surface area contributed by atoms with Gasteiger partial charge in [0.2, 0.25) is 10.0 Å². The highest BCUT2D eigenvalue weighted by atomic mass is 32.2. The second kappa shape index (κ2) is 8.83. The molecule has 0 bridgehead atoms. The maximum atomic E-state index is 12.6. The van der Waals surface area contributed by atoms with E-state index in [-0.39, 0.29) is 31.0 Å². The lowest BCUT2D eigenvalue weighted by Gasteiger charge is -2.48. The highest BCUT2D eigenvalue weighted by molar-refractivity contribution is 7.89. The van der Waals surface area contributed by atoms with Gasteiger partial charge in [0, 0.05) is 25.8 Å². The van der Waals surface area contributed by atoms with E-state index in [1.165, 1.54) is 22.5 Å². The summed E-state index contributed by atoms with van der Waals surface area (Å²) in [5.74, 6) is -1.36. The highest BCUT2D eigenvalue weighted by Crippen LogP contribution is 2.35. The Kier molecular flexibility index (Phi) is 6.56. The number of carbonyl (C=O) groups excluding carboxylic acids is 1. The number of hydrogen-bond donors (Lipinski definition) is 1. The van der Waals surface area contributed by atoms with Crippen LogP contribution in [0.3, 0.4) is 0 Å². The van der Waals surface area contributed by atoms with Crippen molar-refractivity contribution in [3.8, 4) is 5.75 Å². The van der Waals surface area contributed by atoms with E-state index < -0.39 is 33.5 Å². The average molecular weight is 457 g/mol. The third kappa shape index (κ3) is 5.34. The lowest BCUT2D eigenvalue weighted by molar-refractivity contribution is -0.274. The normalized spacial score (nSPS) is 16.4. The molecule has 0 atom stereocenters. The molecule has 1 aromatic heterocycles. The Hall–Kier alpha value is -2.66. The summed E-state index contributed by atoms with van der Waals surface area (Å²) in [6.45, 7) is 2.01. The largest absolute Gasteiger partial charge is 0.573 e. The standard InChI is InChI=1S/C20H22F3N3O4S/c1-2-11-31(28,29)26-13-19(14-26,17-9-5-6-10-24-17)12-25-18(27)15-7-3-4-8-16(15)30-20(21,22)23/h3-10H,2,11-14H2,1H3,(H,25,27). The molecule has 0 radical (unpaired) electrons. The predicted molar refractivity (Wildman–Crippen MR) is 107 cm³/mol. The number of carbonyl (C=O) groups is 1. The number of amides is 1. The molecule has 0 aliphatic carbocycles. The van der Waals surface area contributed by atoms with Crippen LogP contribution in [0.1, 0.15) is 29.4 Å². The van der Waals surface area contributed by atoms with E-state index in [0.29, 0.717) is 12.1 Å². The van der Waals surface area contributed by atoms with Crippen molar-refractivity contribution in [2.75, 3.05) is 25.4 Å². The predicted octanol–water partition coefficient (Wildman–Crippen LogP) is 2.70. The molecule has 11 heteroatoms. The third-order valence-electron chi connectivity index (χ3n) is 4.97. The van der Waals surface area contributed by atoms with Gasteiger partial charge in [0.15, 0.2) is 0 Å². The molecule has 0 unspecified atom stereocenters. The number of alkyl halides is 3. The van der Waals surface area contributed by atoms with Gasteiger partial charge in [-0.3, -0.25) is 9.78 Å². The molecule has 1 saturated heterocycles. The number of para-hydroxylation sites is 1.